The Labute approximate surface area is 180 Å². The molecule has 31 heavy (non-hydrogen) atoms. The van der Waals surface area contributed by atoms with Crippen molar-refractivity contribution < 1.29 is 13.6 Å². The predicted octanol–water partition coefficient (Wildman–Crippen LogP) is 3.50. The highest BCUT2D eigenvalue weighted by Gasteiger charge is 2.26. The van der Waals surface area contributed by atoms with Crippen LogP contribution in [-0.4, -0.2) is 58.6 Å². The molecule has 2 heterocycles. The highest BCUT2D eigenvalue weighted by molar-refractivity contribution is 5.92. The van der Waals surface area contributed by atoms with Gasteiger partial charge < -0.3 is 9.73 Å². The lowest BCUT2D eigenvalue weighted by molar-refractivity contribution is -0.117. The van der Waals surface area contributed by atoms with E-state index in [0.29, 0.717) is 17.5 Å². The number of nitrogens with one attached hydrogen (secondary N) is 1. The lowest BCUT2D eigenvalue weighted by Gasteiger charge is -2.36. The summed E-state index contributed by atoms with van der Waals surface area (Å²) >= 11 is 0. The van der Waals surface area contributed by atoms with Gasteiger partial charge in [-0.05, 0) is 44.2 Å². The molecule has 2 aromatic carbocycles. The van der Waals surface area contributed by atoms with Crippen LogP contribution < -0.4 is 5.32 Å². The second-order valence-corrected chi connectivity index (χ2v) is 7.86. The van der Waals surface area contributed by atoms with Crippen molar-refractivity contribution >= 4 is 11.6 Å². The fourth-order valence-electron chi connectivity index (χ4n) is 3.65. The molecule has 0 saturated carbocycles. The molecule has 1 aromatic heterocycles. The van der Waals surface area contributed by atoms with Crippen molar-refractivity contribution in [2.45, 2.75) is 19.9 Å². The number of halogens is 1. The van der Waals surface area contributed by atoms with Crippen LogP contribution in [0.1, 0.15) is 24.4 Å². The Morgan fingerprint density at radius 2 is 1.87 bits per heavy atom. The number of rotatable bonds is 6. The molecule has 1 aliphatic heterocycles. The summed E-state index contributed by atoms with van der Waals surface area (Å²) in [5.74, 6) is 0.598. The van der Waals surface area contributed by atoms with Crippen LogP contribution in [0.2, 0.25) is 0 Å². The smallest absolute Gasteiger partial charge is 0.247 e. The summed E-state index contributed by atoms with van der Waals surface area (Å²) in [6.45, 7) is 7.44. The highest BCUT2D eigenvalue weighted by Crippen LogP contribution is 2.25. The van der Waals surface area contributed by atoms with Gasteiger partial charge in [-0.2, -0.15) is 0 Å². The van der Waals surface area contributed by atoms with Crippen LogP contribution >= 0.6 is 0 Å². The number of carbonyl (C=O) groups excluding carboxylic acids is 1. The van der Waals surface area contributed by atoms with Crippen LogP contribution in [0, 0.1) is 12.7 Å². The van der Waals surface area contributed by atoms with Crippen molar-refractivity contribution in [3.05, 3.63) is 65.8 Å². The maximum Gasteiger partial charge on any atom is 0.247 e. The zero-order valence-electron chi connectivity index (χ0n) is 17.7. The average molecular weight is 423 g/mol. The lowest BCUT2D eigenvalue weighted by atomic mass is 10.1. The van der Waals surface area contributed by atoms with E-state index in [-0.39, 0.29) is 24.3 Å². The number of amides is 1. The average Bonchev–Trinajstić information content (AvgIpc) is 3.24. The fraction of sp³-hybridized carbons (Fsp3) is 0.348. The van der Waals surface area contributed by atoms with Gasteiger partial charge >= 0.3 is 0 Å². The Morgan fingerprint density at radius 1 is 1.13 bits per heavy atom. The molecule has 1 amide bonds. The normalized spacial score (nSPS) is 16.2. The maximum atomic E-state index is 13.3. The maximum absolute atomic E-state index is 13.3. The van der Waals surface area contributed by atoms with E-state index >= 15 is 0 Å². The molecular weight excluding hydrogens is 397 g/mol. The van der Waals surface area contributed by atoms with Crippen LogP contribution in [0.3, 0.4) is 0 Å². The van der Waals surface area contributed by atoms with Gasteiger partial charge in [0.2, 0.25) is 17.7 Å². The summed E-state index contributed by atoms with van der Waals surface area (Å²) in [5.41, 5.74) is 2.56. The van der Waals surface area contributed by atoms with Crippen molar-refractivity contribution in [1.82, 2.24) is 20.0 Å². The van der Waals surface area contributed by atoms with Gasteiger partial charge in [0.05, 0.1) is 12.6 Å². The van der Waals surface area contributed by atoms with Gasteiger partial charge in [0.25, 0.3) is 0 Å². The second-order valence-electron chi connectivity index (χ2n) is 7.86. The Kier molecular flexibility index (Phi) is 6.39. The molecule has 0 aliphatic carbocycles. The molecular formula is C23H26FN5O2. The van der Waals surface area contributed by atoms with Gasteiger partial charge in [0.15, 0.2) is 0 Å². The first-order valence-corrected chi connectivity index (χ1v) is 10.4. The van der Waals surface area contributed by atoms with Crippen LogP contribution in [0.5, 0.6) is 0 Å². The quantitative estimate of drug-likeness (QED) is 0.654. The van der Waals surface area contributed by atoms with Gasteiger partial charge in [-0.25, -0.2) is 4.39 Å². The molecule has 1 unspecified atom stereocenters. The number of nitrogens with zero attached hydrogens (tertiary/aromatic N) is 4. The summed E-state index contributed by atoms with van der Waals surface area (Å²) in [6.07, 6.45) is 0. The Hall–Kier alpha value is -3.10. The molecule has 0 spiro atoms. The van der Waals surface area contributed by atoms with Gasteiger partial charge in [0.1, 0.15) is 5.82 Å². The molecule has 1 atom stereocenters. The summed E-state index contributed by atoms with van der Waals surface area (Å²) in [7, 11) is 0. The first-order chi connectivity index (χ1) is 15.0. The molecule has 0 radical (unpaired) electrons. The van der Waals surface area contributed by atoms with Gasteiger partial charge in [-0.3, -0.25) is 14.6 Å². The molecule has 162 valence electrons. The third kappa shape index (κ3) is 5.34. The van der Waals surface area contributed by atoms with E-state index in [0.717, 1.165) is 31.7 Å². The molecule has 4 rings (SSSR count). The molecule has 0 bridgehead atoms. The Balaban J connectivity index is 1.28. The van der Waals surface area contributed by atoms with Crippen molar-refractivity contribution in [3.8, 4) is 11.5 Å². The zero-order chi connectivity index (χ0) is 21.8. The van der Waals surface area contributed by atoms with E-state index in [9.17, 15) is 9.18 Å². The molecule has 1 fully saturated rings. The molecule has 1 saturated heterocycles. The third-order valence-electron chi connectivity index (χ3n) is 5.53. The number of anilines is 1. The van der Waals surface area contributed by atoms with Gasteiger partial charge in [-0.1, -0.05) is 23.8 Å². The number of carbonyl (C=O) groups is 1. The Morgan fingerprint density at radius 3 is 2.58 bits per heavy atom. The van der Waals surface area contributed by atoms with Crippen molar-refractivity contribution in [2.75, 3.05) is 38.0 Å². The van der Waals surface area contributed by atoms with E-state index in [2.05, 4.69) is 32.2 Å². The minimum atomic E-state index is -0.369. The van der Waals surface area contributed by atoms with E-state index in [4.69, 9.17) is 4.42 Å². The molecule has 1 N–H and O–H groups in total. The minimum Gasteiger partial charge on any atom is -0.419 e. The molecule has 1 aliphatic rings. The fourth-order valence-corrected chi connectivity index (χ4v) is 3.65. The summed E-state index contributed by atoms with van der Waals surface area (Å²) in [4.78, 5) is 16.6. The van der Waals surface area contributed by atoms with Crippen LogP contribution in [-0.2, 0) is 4.79 Å². The summed E-state index contributed by atoms with van der Waals surface area (Å²) in [5, 5.41) is 11.2. The topological polar surface area (TPSA) is 74.5 Å². The number of hydrogen-bond donors (Lipinski definition) is 1. The van der Waals surface area contributed by atoms with E-state index in [1.807, 2.05) is 31.2 Å². The minimum absolute atomic E-state index is 0.00466. The SMILES string of the molecule is Cc1ccc(-c2nnc(C(C)N3CCN(CC(=O)Nc4cccc(F)c4)CC3)o2)cc1. The summed E-state index contributed by atoms with van der Waals surface area (Å²) in [6, 6.07) is 13.9. The van der Waals surface area contributed by atoms with E-state index in [1.54, 1.807) is 12.1 Å². The first kappa shape index (κ1) is 21.1. The third-order valence-corrected chi connectivity index (χ3v) is 5.53. The monoisotopic (exact) mass is 423 g/mol. The lowest BCUT2D eigenvalue weighted by Crippen LogP contribution is -2.49. The van der Waals surface area contributed by atoms with Gasteiger partial charge in [-0.15, -0.1) is 10.2 Å². The molecule has 8 heteroatoms. The predicted molar refractivity (Wildman–Crippen MR) is 116 cm³/mol. The van der Waals surface area contributed by atoms with Crippen LogP contribution in [0.25, 0.3) is 11.5 Å². The van der Waals surface area contributed by atoms with Crippen LogP contribution in [0.4, 0.5) is 10.1 Å². The molecule has 7 nitrogen and oxygen atoms in total. The largest absolute Gasteiger partial charge is 0.419 e. The Bertz CT molecular complexity index is 1030. The molecule has 3 aromatic rings. The first-order valence-electron chi connectivity index (χ1n) is 10.4. The highest BCUT2D eigenvalue weighted by atomic mass is 19.1. The zero-order valence-corrected chi connectivity index (χ0v) is 17.7. The standard InChI is InChI=1S/C23H26FN5O2/c1-16-6-8-18(9-7-16)23-27-26-22(31-23)17(2)29-12-10-28(11-13-29)15-21(30)25-20-5-3-4-19(24)14-20/h3-9,14,17H,10-13,15H2,1-2H3,(H,25,30). The number of benzene rings is 2. The summed E-state index contributed by atoms with van der Waals surface area (Å²) < 4.78 is 19.2. The van der Waals surface area contributed by atoms with E-state index in [1.165, 1.54) is 17.7 Å². The number of aromatic nitrogens is 2. The van der Waals surface area contributed by atoms with Crippen molar-refractivity contribution in [2.24, 2.45) is 0 Å². The van der Waals surface area contributed by atoms with E-state index < -0.39 is 0 Å². The van der Waals surface area contributed by atoms with Crippen molar-refractivity contribution in [1.29, 1.82) is 0 Å². The van der Waals surface area contributed by atoms with Crippen molar-refractivity contribution in [3.63, 3.8) is 0 Å². The number of piperazine rings is 1. The second kappa shape index (κ2) is 9.36. The van der Waals surface area contributed by atoms with Gasteiger partial charge in [0, 0.05) is 37.4 Å². The van der Waals surface area contributed by atoms with Crippen LogP contribution in [0.15, 0.2) is 52.9 Å². The number of hydrogen-bond acceptors (Lipinski definition) is 6. The number of aryl methyl sites for hydroxylation is 1.